The quantitative estimate of drug-likeness (QED) is 0.313. The third-order valence-corrected chi connectivity index (χ3v) is 6.65. The van der Waals surface area contributed by atoms with Gasteiger partial charge in [0.25, 0.3) is 0 Å². The summed E-state index contributed by atoms with van der Waals surface area (Å²) in [5.74, 6) is -0.553. The van der Waals surface area contributed by atoms with Crippen molar-refractivity contribution in [1.82, 2.24) is 30.4 Å². The molecule has 1 fully saturated rings. The summed E-state index contributed by atoms with van der Waals surface area (Å²) >= 11 is 6.15. The van der Waals surface area contributed by atoms with Crippen LogP contribution in [0.5, 0.6) is 0 Å². The van der Waals surface area contributed by atoms with Crippen molar-refractivity contribution in [1.29, 1.82) is 0 Å². The van der Waals surface area contributed by atoms with Crippen LogP contribution in [-0.2, 0) is 20.8 Å². The topological polar surface area (TPSA) is 127 Å². The van der Waals surface area contributed by atoms with Crippen molar-refractivity contribution >= 4 is 41.1 Å². The summed E-state index contributed by atoms with van der Waals surface area (Å²) in [7, 11) is 0. The lowest BCUT2D eigenvalue weighted by molar-refractivity contribution is -0.136. The molecule has 0 aliphatic carbocycles. The number of Topliss-reactive ketones (excluding diaryl/α,β-unsaturated/α-hetero) is 2. The number of ketones is 2. The first-order chi connectivity index (χ1) is 18.2. The molecule has 1 aromatic heterocycles. The molecular weight excluding hydrogens is 508 g/mol. The Kier molecular flexibility index (Phi) is 8.42. The molecule has 38 heavy (non-hydrogen) atoms. The first-order valence-corrected chi connectivity index (χ1v) is 12.5. The van der Waals surface area contributed by atoms with E-state index in [1.807, 2.05) is 0 Å². The van der Waals surface area contributed by atoms with Crippen LogP contribution < -0.4 is 5.32 Å². The zero-order valence-electron chi connectivity index (χ0n) is 21.0. The van der Waals surface area contributed by atoms with E-state index >= 15 is 0 Å². The van der Waals surface area contributed by atoms with Crippen LogP contribution in [0.25, 0.3) is 11.8 Å². The molecule has 1 aliphatic rings. The predicted molar refractivity (Wildman–Crippen MR) is 141 cm³/mol. The van der Waals surface area contributed by atoms with Crippen molar-refractivity contribution in [2.45, 2.75) is 32.7 Å². The Balaban J connectivity index is 1.47. The second kappa shape index (κ2) is 11.9. The summed E-state index contributed by atoms with van der Waals surface area (Å²) in [6.07, 6.45) is 4.88. The Labute approximate surface area is 224 Å². The van der Waals surface area contributed by atoms with Crippen molar-refractivity contribution in [3.8, 4) is 5.69 Å². The number of tetrazole rings is 1. The largest absolute Gasteiger partial charge is 0.343 e. The summed E-state index contributed by atoms with van der Waals surface area (Å²) in [6, 6.07) is 11.2. The minimum atomic E-state index is -0.739. The Hall–Kier alpha value is -4.18. The fourth-order valence-corrected chi connectivity index (χ4v) is 4.47. The Morgan fingerprint density at radius 3 is 2.47 bits per heavy atom. The number of carbonyl (C=O) groups excluding carboxylic acids is 4. The molecule has 0 spiro atoms. The van der Waals surface area contributed by atoms with E-state index in [-0.39, 0.29) is 29.8 Å². The van der Waals surface area contributed by atoms with E-state index in [2.05, 4.69) is 20.8 Å². The van der Waals surface area contributed by atoms with Crippen molar-refractivity contribution in [3.63, 3.8) is 0 Å². The molecule has 3 aromatic rings. The fraction of sp³-hybridized carbons (Fsp3) is 0.296. The SMILES string of the molecule is CC(=O)c1ccc(CC(=O)[C@H](CC2CN(C(C)=O)C2)NC(=O)/C=C/c2cc(Cl)ccc2-n2cnnn2)cc1. The van der Waals surface area contributed by atoms with Gasteiger partial charge in [0, 0.05) is 48.7 Å². The van der Waals surface area contributed by atoms with Gasteiger partial charge in [0.05, 0.1) is 11.7 Å². The highest BCUT2D eigenvalue weighted by molar-refractivity contribution is 6.30. The first-order valence-electron chi connectivity index (χ1n) is 12.1. The highest BCUT2D eigenvalue weighted by Gasteiger charge is 2.33. The highest BCUT2D eigenvalue weighted by Crippen LogP contribution is 2.23. The van der Waals surface area contributed by atoms with Crippen LogP contribution in [0.2, 0.25) is 5.02 Å². The van der Waals surface area contributed by atoms with E-state index in [0.29, 0.717) is 41.3 Å². The molecule has 1 aliphatic heterocycles. The summed E-state index contributed by atoms with van der Waals surface area (Å²) in [4.78, 5) is 51.0. The molecule has 4 rings (SSSR count). The molecule has 0 bridgehead atoms. The van der Waals surface area contributed by atoms with E-state index in [4.69, 9.17) is 11.6 Å². The molecule has 2 amide bonds. The van der Waals surface area contributed by atoms with Gasteiger partial charge in [-0.05, 0) is 59.5 Å². The molecule has 11 heteroatoms. The van der Waals surface area contributed by atoms with Crippen molar-refractivity contribution in [3.05, 3.63) is 76.6 Å². The number of hydrogen-bond acceptors (Lipinski definition) is 7. The summed E-state index contributed by atoms with van der Waals surface area (Å²) < 4.78 is 1.45. The van der Waals surface area contributed by atoms with Crippen LogP contribution in [0.4, 0.5) is 0 Å². The molecule has 2 aromatic carbocycles. The van der Waals surface area contributed by atoms with Gasteiger partial charge in [-0.1, -0.05) is 35.9 Å². The zero-order valence-corrected chi connectivity index (χ0v) is 21.8. The maximum absolute atomic E-state index is 13.3. The Morgan fingerprint density at radius 2 is 1.84 bits per heavy atom. The number of nitrogens with zero attached hydrogens (tertiary/aromatic N) is 5. The van der Waals surface area contributed by atoms with E-state index < -0.39 is 11.9 Å². The smallest absolute Gasteiger partial charge is 0.244 e. The van der Waals surface area contributed by atoms with Crippen molar-refractivity contribution in [2.75, 3.05) is 13.1 Å². The van der Waals surface area contributed by atoms with Crippen LogP contribution >= 0.6 is 11.6 Å². The average Bonchev–Trinajstić information content (AvgIpc) is 3.38. The molecule has 0 saturated carbocycles. The number of benzene rings is 2. The molecular formula is C27H27ClN6O4. The Bertz CT molecular complexity index is 1360. The normalized spacial score (nSPS) is 14.2. The number of likely N-dealkylation sites (tertiary alicyclic amines) is 1. The minimum absolute atomic E-state index is 0.0124. The van der Waals surface area contributed by atoms with Gasteiger partial charge in [0.1, 0.15) is 6.33 Å². The molecule has 0 unspecified atom stereocenters. The van der Waals surface area contributed by atoms with Gasteiger partial charge < -0.3 is 10.2 Å². The average molecular weight is 535 g/mol. The van der Waals surface area contributed by atoms with Gasteiger partial charge in [-0.15, -0.1) is 5.10 Å². The molecule has 1 atom stereocenters. The summed E-state index contributed by atoms with van der Waals surface area (Å²) in [5.41, 5.74) is 2.56. The van der Waals surface area contributed by atoms with Crippen LogP contribution in [0.1, 0.15) is 41.8 Å². The van der Waals surface area contributed by atoms with Crippen molar-refractivity contribution < 1.29 is 19.2 Å². The number of amides is 2. The maximum atomic E-state index is 13.3. The number of rotatable bonds is 10. The van der Waals surface area contributed by atoms with Gasteiger partial charge in [0.15, 0.2) is 11.6 Å². The van der Waals surface area contributed by atoms with Crippen LogP contribution in [0, 0.1) is 5.92 Å². The van der Waals surface area contributed by atoms with Gasteiger partial charge in [-0.2, -0.15) is 4.68 Å². The van der Waals surface area contributed by atoms with Crippen LogP contribution in [0.15, 0.2) is 54.9 Å². The standard InChI is InChI=1S/C27H27ClN6O4/c1-17(35)21-5-3-19(4-6-21)12-26(37)24(11-20-14-33(15-20)18(2)36)30-27(38)10-7-22-13-23(28)8-9-25(22)34-16-29-31-32-34/h3-10,13,16,20,24H,11-12,14-15H2,1-2H3,(H,30,38)/b10-7+/t24-/m0/s1. The minimum Gasteiger partial charge on any atom is -0.343 e. The third kappa shape index (κ3) is 6.77. The molecule has 2 heterocycles. The van der Waals surface area contributed by atoms with E-state index in [9.17, 15) is 19.2 Å². The lowest BCUT2D eigenvalue weighted by Crippen LogP contribution is -2.53. The van der Waals surface area contributed by atoms with Gasteiger partial charge >= 0.3 is 0 Å². The third-order valence-electron chi connectivity index (χ3n) is 6.42. The van der Waals surface area contributed by atoms with E-state index in [1.165, 1.54) is 30.9 Å². The molecule has 1 saturated heterocycles. The monoisotopic (exact) mass is 534 g/mol. The zero-order chi connectivity index (χ0) is 27.2. The van der Waals surface area contributed by atoms with Crippen molar-refractivity contribution in [2.24, 2.45) is 5.92 Å². The van der Waals surface area contributed by atoms with Gasteiger partial charge in [-0.3, -0.25) is 19.2 Å². The summed E-state index contributed by atoms with van der Waals surface area (Å²) in [6.45, 7) is 4.10. The van der Waals surface area contributed by atoms with E-state index in [1.54, 1.807) is 53.4 Å². The van der Waals surface area contributed by atoms with Gasteiger partial charge in [0.2, 0.25) is 11.8 Å². The number of hydrogen-bond donors (Lipinski definition) is 1. The second-order valence-electron chi connectivity index (χ2n) is 9.27. The Morgan fingerprint density at radius 1 is 1.11 bits per heavy atom. The van der Waals surface area contributed by atoms with Gasteiger partial charge in [-0.25, -0.2) is 0 Å². The lowest BCUT2D eigenvalue weighted by Gasteiger charge is -2.40. The molecule has 1 N–H and O–H groups in total. The number of carbonyl (C=O) groups is 4. The second-order valence-corrected chi connectivity index (χ2v) is 9.71. The highest BCUT2D eigenvalue weighted by atomic mass is 35.5. The van der Waals surface area contributed by atoms with Crippen LogP contribution in [-0.4, -0.2) is 67.6 Å². The number of nitrogens with one attached hydrogen (secondary N) is 1. The maximum Gasteiger partial charge on any atom is 0.244 e. The summed E-state index contributed by atoms with van der Waals surface area (Å²) in [5, 5.41) is 14.5. The number of halogens is 1. The molecule has 196 valence electrons. The van der Waals surface area contributed by atoms with Crippen LogP contribution in [0.3, 0.4) is 0 Å². The molecule has 0 radical (unpaired) electrons. The first kappa shape index (κ1) is 26.9. The fourth-order valence-electron chi connectivity index (χ4n) is 4.29. The predicted octanol–water partition coefficient (Wildman–Crippen LogP) is 2.70. The van der Waals surface area contributed by atoms with E-state index in [0.717, 1.165) is 5.56 Å². The lowest BCUT2D eigenvalue weighted by atomic mass is 9.89. The number of aromatic nitrogens is 4. The molecule has 10 nitrogen and oxygen atoms in total.